The predicted molar refractivity (Wildman–Crippen MR) is 80.7 cm³/mol. The second-order valence-corrected chi connectivity index (χ2v) is 6.57. The summed E-state index contributed by atoms with van der Waals surface area (Å²) >= 11 is 0. The van der Waals surface area contributed by atoms with Gasteiger partial charge in [-0.2, -0.15) is 13.2 Å². The van der Waals surface area contributed by atoms with E-state index in [9.17, 15) is 13.2 Å². The van der Waals surface area contributed by atoms with E-state index in [-0.39, 0.29) is 11.6 Å². The van der Waals surface area contributed by atoms with Crippen molar-refractivity contribution < 1.29 is 13.2 Å². The summed E-state index contributed by atoms with van der Waals surface area (Å²) in [5, 5.41) is 0. The molecule has 0 aromatic carbocycles. The van der Waals surface area contributed by atoms with Crippen LogP contribution in [0.3, 0.4) is 0 Å². The first-order chi connectivity index (χ1) is 10.2. The summed E-state index contributed by atoms with van der Waals surface area (Å²) in [7, 11) is 4.07. The fourth-order valence-corrected chi connectivity index (χ4v) is 2.93. The quantitative estimate of drug-likeness (QED) is 0.849. The molecule has 0 saturated carbocycles. The van der Waals surface area contributed by atoms with E-state index in [2.05, 4.69) is 14.8 Å². The molecule has 124 valence electrons. The van der Waals surface area contributed by atoms with Crippen LogP contribution in [-0.4, -0.2) is 48.0 Å². The third-order valence-corrected chi connectivity index (χ3v) is 4.21. The maximum absolute atomic E-state index is 13.2. The number of pyridine rings is 1. The number of hydrogen-bond acceptors (Lipinski definition) is 3. The van der Waals surface area contributed by atoms with Gasteiger partial charge in [0.15, 0.2) is 0 Å². The summed E-state index contributed by atoms with van der Waals surface area (Å²) in [6, 6.07) is 1.75. The van der Waals surface area contributed by atoms with Crippen molar-refractivity contribution in [2.24, 2.45) is 0 Å². The van der Waals surface area contributed by atoms with Gasteiger partial charge in [-0.3, -0.25) is 9.88 Å². The van der Waals surface area contributed by atoms with E-state index >= 15 is 0 Å². The highest BCUT2D eigenvalue weighted by atomic mass is 19.4. The van der Waals surface area contributed by atoms with Gasteiger partial charge < -0.3 is 4.90 Å². The van der Waals surface area contributed by atoms with Gasteiger partial charge in [-0.05, 0) is 38.1 Å². The van der Waals surface area contributed by atoms with Crippen molar-refractivity contribution in [3.8, 4) is 0 Å². The Kier molecular flexibility index (Phi) is 5.12. The fourth-order valence-electron chi connectivity index (χ4n) is 2.93. The van der Waals surface area contributed by atoms with Gasteiger partial charge in [-0.1, -0.05) is 13.8 Å². The van der Waals surface area contributed by atoms with Crippen molar-refractivity contribution in [1.29, 1.82) is 0 Å². The van der Waals surface area contributed by atoms with Crippen LogP contribution in [0.4, 0.5) is 13.2 Å². The van der Waals surface area contributed by atoms with Gasteiger partial charge in [0.2, 0.25) is 0 Å². The number of alkyl halides is 3. The van der Waals surface area contributed by atoms with Gasteiger partial charge in [0.25, 0.3) is 0 Å². The third-order valence-electron chi connectivity index (χ3n) is 4.21. The highest BCUT2D eigenvalue weighted by Crippen LogP contribution is 2.34. The molecule has 0 spiro atoms. The Hall–Kier alpha value is -1.14. The van der Waals surface area contributed by atoms with Crippen molar-refractivity contribution in [2.45, 2.75) is 44.9 Å². The molecule has 2 heterocycles. The Balaban J connectivity index is 2.16. The van der Waals surface area contributed by atoms with Gasteiger partial charge in [0.05, 0.1) is 11.3 Å². The standard InChI is InChI=1S/C16H24F3N3/c1-11(2)15-14(16(17,18)19)7-12(8-20-15)9-22-6-5-13(10-22)21(3)4/h7-8,11,13H,5-6,9-10H2,1-4H3/t13-/m0/s1. The zero-order chi connectivity index (χ0) is 16.5. The number of likely N-dealkylation sites (N-methyl/N-ethyl adjacent to an activating group) is 1. The van der Waals surface area contributed by atoms with Gasteiger partial charge in [0.1, 0.15) is 0 Å². The lowest BCUT2D eigenvalue weighted by molar-refractivity contribution is -0.138. The van der Waals surface area contributed by atoms with E-state index < -0.39 is 11.7 Å². The minimum absolute atomic E-state index is 0.129. The second kappa shape index (κ2) is 6.54. The van der Waals surface area contributed by atoms with Crippen LogP contribution in [-0.2, 0) is 12.7 Å². The Labute approximate surface area is 130 Å². The number of halogens is 3. The van der Waals surface area contributed by atoms with Crippen molar-refractivity contribution in [1.82, 2.24) is 14.8 Å². The molecular formula is C16H24F3N3. The molecule has 6 heteroatoms. The summed E-state index contributed by atoms with van der Waals surface area (Å²) in [5.41, 5.74) is 0.170. The molecule has 1 aromatic heterocycles. The highest BCUT2D eigenvalue weighted by Gasteiger charge is 2.35. The molecule has 0 amide bonds. The van der Waals surface area contributed by atoms with E-state index in [1.165, 1.54) is 6.07 Å². The van der Waals surface area contributed by atoms with E-state index in [0.717, 1.165) is 19.5 Å². The molecule has 1 atom stereocenters. The normalized spacial score (nSPS) is 20.3. The van der Waals surface area contributed by atoms with Crippen molar-refractivity contribution in [3.05, 3.63) is 29.1 Å². The molecule has 1 fully saturated rings. The molecule has 0 radical (unpaired) electrons. The van der Waals surface area contributed by atoms with Crippen LogP contribution in [0.25, 0.3) is 0 Å². The molecule has 3 nitrogen and oxygen atoms in total. The van der Waals surface area contributed by atoms with E-state index in [0.29, 0.717) is 18.2 Å². The molecule has 1 aliphatic rings. The Morgan fingerprint density at radius 2 is 2.05 bits per heavy atom. The smallest absolute Gasteiger partial charge is 0.305 e. The van der Waals surface area contributed by atoms with E-state index in [1.807, 2.05) is 14.1 Å². The minimum atomic E-state index is -4.35. The van der Waals surface area contributed by atoms with Crippen LogP contribution in [0.2, 0.25) is 0 Å². The van der Waals surface area contributed by atoms with Gasteiger partial charge in [0, 0.05) is 31.9 Å². The molecule has 0 N–H and O–H groups in total. The number of likely N-dealkylation sites (tertiary alicyclic amines) is 1. The monoisotopic (exact) mass is 315 g/mol. The van der Waals surface area contributed by atoms with Crippen LogP contribution in [0.15, 0.2) is 12.3 Å². The second-order valence-electron chi connectivity index (χ2n) is 6.57. The van der Waals surface area contributed by atoms with Crippen LogP contribution in [0.1, 0.15) is 43.0 Å². The number of aromatic nitrogens is 1. The summed E-state index contributed by atoms with van der Waals surface area (Å²) in [4.78, 5) is 8.44. The zero-order valence-electron chi connectivity index (χ0n) is 13.6. The van der Waals surface area contributed by atoms with Gasteiger partial charge in [-0.25, -0.2) is 0 Å². The Morgan fingerprint density at radius 3 is 2.55 bits per heavy atom. The zero-order valence-corrected chi connectivity index (χ0v) is 13.6. The molecule has 1 aliphatic heterocycles. The summed E-state index contributed by atoms with van der Waals surface area (Å²) in [6.45, 7) is 5.80. The maximum Gasteiger partial charge on any atom is 0.418 e. The lowest BCUT2D eigenvalue weighted by Gasteiger charge is -2.21. The SMILES string of the molecule is CC(C)c1ncc(CN2CC[C@H](N(C)C)C2)cc1C(F)(F)F. The van der Waals surface area contributed by atoms with Crippen LogP contribution in [0.5, 0.6) is 0 Å². The average molecular weight is 315 g/mol. The van der Waals surface area contributed by atoms with E-state index in [4.69, 9.17) is 0 Å². The summed E-state index contributed by atoms with van der Waals surface area (Å²) in [5.74, 6) is -0.240. The molecule has 1 aromatic rings. The fraction of sp³-hybridized carbons (Fsp3) is 0.688. The number of rotatable bonds is 4. The van der Waals surface area contributed by atoms with Crippen molar-refractivity contribution in [3.63, 3.8) is 0 Å². The first kappa shape index (κ1) is 17.2. The predicted octanol–water partition coefficient (Wildman–Crippen LogP) is 3.36. The molecule has 0 aliphatic carbocycles. The lowest BCUT2D eigenvalue weighted by atomic mass is 10.0. The number of hydrogen-bond donors (Lipinski definition) is 0. The molecule has 1 saturated heterocycles. The number of nitrogens with zero attached hydrogens (tertiary/aromatic N) is 3. The van der Waals surface area contributed by atoms with Crippen molar-refractivity contribution >= 4 is 0 Å². The van der Waals surface area contributed by atoms with Crippen LogP contribution in [0, 0.1) is 0 Å². The van der Waals surface area contributed by atoms with Crippen LogP contribution >= 0.6 is 0 Å². The summed E-state index contributed by atoms with van der Waals surface area (Å²) in [6.07, 6.45) is -1.70. The highest BCUT2D eigenvalue weighted by molar-refractivity contribution is 5.30. The maximum atomic E-state index is 13.2. The lowest BCUT2D eigenvalue weighted by Crippen LogP contribution is -2.31. The average Bonchev–Trinajstić information content (AvgIpc) is 2.86. The van der Waals surface area contributed by atoms with Gasteiger partial charge in [-0.15, -0.1) is 0 Å². The van der Waals surface area contributed by atoms with Gasteiger partial charge >= 0.3 is 6.18 Å². The van der Waals surface area contributed by atoms with E-state index in [1.54, 1.807) is 20.0 Å². The summed E-state index contributed by atoms with van der Waals surface area (Å²) < 4.78 is 39.6. The molecule has 0 unspecified atom stereocenters. The minimum Gasteiger partial charge on any atom is -0.305 e. The first-order valence-electron chi connectivity index (χ1n) is 7.63. The van der Waals surface area contributed by atoms with Crippen LogP contribution < -0.4 is 0 Å². The Bertz CT molecular complexity index is 512. The molecule has 2 rings (SSSR count). The molecule has 0 bridgehead atoms. The molecular weight excluding hydrogens is 291 g/mol. The topological polar surface area (TPSA) is 19.4 Å². The van der Waals surface area contributed by atoms with Crippen molar-refractivity contribution in [2.75, 3.05) is 27.2 Å². The first-order valence-corrected chi connectivity index (χ1v) is 7.63. The molecule has 22 heavy (non-hydrogen) atoms. The largest absolute Gasteiger partial charge is 0.418 e. The third kappa shape index (κ3) is 3.98. The Morgan fingerprint density at radius 1 is 1.36 bits per heavy atom.